The lowest BCUT2D eigenvalue weighted by Gasteiger charge is -2.19. The van der Waals surface area contributed by atoms with Crippen molar-refractivity contribution in [3.63, 3.8) is 0 Å². The van der Waals surface area contributed by atoms with Crippen molar-refractivity contribution in [2.24, 2.45) is 0 Å². The monoisotopic (exact) mass is 263 g/mol. The van der Waals surface area contributed by atoms with Crippen LogP contribution < -0.4 is 5.32 Å². The number of benzene rings is 1. The molecule has 0 saturated carbocycles. The third-order valence-electron chi connectivity index (χ3n) is 3.68. The summed E-state index contributed by atoms with van der Waals surface area (Å²) >= 11 is 0. The summed E-state index contributed by atoms with van der Waals surface area (Å²) in [4.78, 5) is 0. The van der Waals surface area contributed by atoms with Crippen LogP contribution in [0.25, 0.3) is 0 Å². The van der Waals surface area contributed by atoms with Gasteiger partial charge < -0.3 is 10.1 Å². The fraction of sp³-hybridized carbons (Fsp3) is 0.647. The lowest BCUT2D eigenvalue weighted by Crippen LogP contribution is -2.30. The van der Waals surface area contributed by atoms with Crippen molar-refractivity contribution in [3.05, 3.63) is 35.9 Å². The summed E-state index contributed by atoms with van der Waals surface area (Å²) in [6.45, 7) is 5.38. The molecule has 1 aromatic rings. The van der Waals surface area contributed by atoms with E-state index in [1.54, 1.807) is 7.11 Å². The van der Waals surface area contributed by atoms with E-state index in [1.165, 1.54) is 31.2 Å². The Morgan fingerprint density at radius 3 is 2.47 bits per heavy atom. The molecule has 0 bridgehead atoms. The summed E-state index contributed by atoms with van der Waals surface area (Å²) in [6.07, 6.45) is 6.40. The van der Waals surface area contributed by atoms with E-state index in [0.717, 1.165) is 13.0 Å². The predicted molar refractivity (Wildman–Crippen MR) is 82.5 cm³/mol. The van der Waals surface area contributed by atoms with Gasteiger partial charge in [0.1, 0.15) is 0 Å². The second-order valence-electron chi connectivity index (χ2n) is 5.26. The number of aryl methyl sites for hydroxylation is 1. The van der Waals surface area contributed by atoms with Crippen LogP contribution in [0.3, 0.4) is 0 Å². The van der Waals surface area contributed by atoms with Crippen LogP contribution >= 0.6 is 0 Å². The van der Waals surface area contributed by atoms with Gasteiger partial charge in [-0.15, -0.1) is 0 Å². The van der Waals surface area contributed by atoms with Crippen LogP contribution in [0.4, 0.5) is 0 Å². The number of methoxy groups -OCH3 is 1. The van der Waals surface area contributed by atoms with Crippen LogP contribution in [0.15, 0.2) is 30.3 Å². The second kappa shape index (κ2) is 9.99. The van der Waals surface area contributed by atoms with Crippen molar-refractivity contribution in [1.82, 2.24) is 5.32 Å². The van der Waals surface area contributed by atoms with Crippen LogP contribution in [0, 0.1) is 0 Å². The molecule has 108 valence electrons. The van der Waals surface area contributed by atoms with E-state index in [1.807, 2.05) is 0 Å². The van der Waals surface area contributed by atoms with E-state index in [4.69, 9.17) is 4.74 Å². The lowest BCUT2D eigenvalue weighted by molar-refractivity contribution is 0.105. The van der Waals surface area contributed by atoms with Gasteiger partial charge in [-0.3, -0.25) is 0 Å². The highest BCUT2D eigenvalue weighted by atomic mass is 16.5. The molecule has 1 N–H and O–H groups in total. The first kappa shape index (κ1) is 16.2. The molecule has 0 radical (unpaired) electrons. The molecular formula is C17H29NO. The number of ether oxygens (including phenoxy) is 1. The van der Waals surface area contributed by atoms with E-state index in [9.17, 15) is 0 Å². The van der Waals surface area contributed by atoms with Gasteiger partial charge in [0, 0.05) is 13.2 Å². The van der Waals surface area contributed by atoms with Gasteiger partial charge in [-0.2, -0.15) is 0 Å². The van der Waals surface area contributed by atoms with Gasteiger partial charge in [0.15, 0.2) is 0 Å². The maximum atomic E-state index is 5.32. The Labute approximate surface area is 118 Å². The van der Waals surface area contributed by atoms with E-state index in [2.05, 4.69) is 49.5 Å². The molecule has 0 aliphatic heterocycles. The zero-order valence-electron chi connectivity index (χ0n) is 12.7. The Morgan fingerprint density at radius 1 is 1.11 bits per heavy atom. The maximum absolute atomic E-state index is 5.32. The van der Waals surface area contributed by atoms with Crippen LogP contribution in [0.2, 0.25) is 0 Å². The molecule has 2 atom stereocenters. The van der Waals surface area contributed by atoms with Gasteiger partial charge in [-0.05, 0) is 51.1 Å². The summed E-state index contributed by atoms with van der Waals surface area (Å²) in [5, 5.41) is 3.59. The Balaban J connectivity index is 2.25. The topological polar surface area (TPSA) is 21.3 Å². The van der Waals surface area contributed by atoms with Crippen LogP contribution in [-0.4, -0.2) is 25.8 Å². The minimum atomic E-state index is 0.371. The summed E-state index contributed by atoms with van der Waals surface area (Å²) in [5.41, 5.74) is 1.45. The molecule has 0 fully saturated rings. The molecule has 0 saturated heterocycles. The van der Waals surface area contributed by atoms with E-state index < -0.39 is 0 Å². The highest BCUT2D eigenvalue weighted by molar-refractivity contribution is 5.14. The number of hydrogen-bond acceptors (Lipinski definition) is 2. The van der Waals surface area contributed by atoms with Crippen LogP contribution in [0.5, 0.6) is 0 Å². The van der Waals surface area contributed by atoms with Crippen molar-refractivity contribution in [3.8, 4) is 0 Å². The molecule has 1 aromatic carbocycles. The Kier molecular flexibility index (Phi) is 8.52. The first-order valence-electron chi connectivity index (χ1n) is 7.56. The fourth-order valence-electron chi connectivity index (χ4n) is 2.39. The normalized spacial score (nSPS) is 14.3. The van der Waals surface area contributed by atoms with Gasteiger partial charge in [0.05, 0.1) is 6.10 Å². The maximum Gasteiger partial charge on any atom is 0.0543 e. The largest absolute Gasteiger partial charge is 0.382 e. The summed E-state index contributed by atoms with van der Waals surface area (Å²) in [5.74, 6) is 0. The molecule has 1 rings (SSSR count). The van der Waals surface area contributed by atoms with Crippen LogP contribution in [0.1, 0.15) is 45.1 Å². The van der Waals surface area contributed by atoms with Gasteiger partial charge in [-0.1, -0.05) is 37.3 Å². The summed E-state index contributed by atoms with van der Waals surface area (Å²) in [7, 11) is 1.79. The molecule has 2 unspecified atom stereocenters. The molecule has 2 heteroatoms. The lowest BCUT2D eigenvalue weighted by atomic mass is 10.0. The molecule has 0 aromatic heterocycles. The SMILES string of the molecule is CCNC(CCCc1ccccc1)CCC(C)OC. The average Bonchev–Trinajstić information content (AvgIpc) is 2.45. The highest BCUT2D eigenvalue weighted by Gasteiger charge is 2.09. The van der Waals surface area contributed by atoms with E-state index in [0.29, 0.717) is 12.1 Å². The van der Waals surface area contributed by atoms with Crippen molar-refractivity contribution >= 4 is 0 Å². The zero-order chi connectivity index (χ0) is 13.9. The number of hydrogen-bond donors (Lipinski definition) is 1. The molecule has 0 aliphatic rings. The van der Waals surface area contributed by atoms with Gasteiger partial charge in [0.2, 0.25) is 0 Å². The smallest absolute Gasteiger partial charge is 0.0543 e. The third kappa shape index (κ3) is 7.34. The van der Waals surface area contributed by atoms with Gasteiger partial charge >= 0.3 is 0 Å². The molecule has 0 aliphatic carbocycles. The molecule has 0 spiro atoms. The van der Waals surface area contributed by atoms with Crippen LogP contribution in [-0.2, 0) is 11.2 Å². The molecule has 0 amide bonds. The third-order valence-corrected chi connectivity index (χ3v) is 3.68. The molecule has 19 heavy (non-hydrogen) atoms. The molecular weight excluding hydrogens is 234 g/mol. The minimum Gasteiger partial charge on any atom is -0.382 e. The first-order valence-corrected chi connectivity index (χ1v) is 7.56. The summed E-state index contributed by atoms with van der Waals surface area (Å²) in [6, 6.07) is 11.4. The Hall–Kier alpha value is -0.860. The highest BCUT2D eigenvalue weighted by Crippen LogP contribution is 2.12. The minimum absolute atomic E-state index is 0.371. The van der Waals surface area contributed by atoms with Crippen molar-refractivity contribution in [2.45, 2.75) is 58.1 Å². The average molecular weight is 263 g/mol. The molecule has 2 nitrogen and oxygen atoms in total. The Morgan fingerprint density at radius 2 is 1.84 bits per heavy atom. The first-order chi connectivity index (χ1) is 9.26. The van der Waals surface area contributed by atoms with Crippen molar-refractivity contribution in [1.29, 1.82) is 0 Å². The van der Waals surface area contributed by atoms with Gasteiger partial charge in [-0.25, -0.2) is 0 Å². The number of nitrogens with one attached hydrogen (secondary N) is 1. The fourth-order valence-corrected chi connectivity index (χ4v) is 2.39. The Bertz CT molecular complexity index is 312. The van der Waals surface area contributed by atoms with Crippen molar-refractivity contribution in [2.75, 3.05) is 13.7 Å². The second-order valence-corrected chi connectivity index (χ2v) is 5.26. The van der Waals surface area contributed by atoms with Gasteiger partial charge in [0.25, 0.3) is 0 Å². The van der Waals surface area contributed by atoms with E-state index >= 15 is 0 Å². The summed E-state index contributed by atoms with van der Waals surface area (Å²) < 4.78 is 5.32. The van der Waals surface area contributed by atoms with E-state index in [-0.39, 0.29) is 0 Å². The quantitative estimate of drug-likeness (QED) is 0.693. The van der Waals surface area contributed by atoms with Crippen molar-refractivity contribution < 1.29 is 4.74 Å². The number of rotatable bonds is 10. The predicted octanol–water partition coefficient (Wildman–Crippen LogP) is 3.80. The molecule has 0 heterocycles. The zero-order valence-corrected chi connectivity index (χ0v) is 12.7. The standard InChI is InChI=1S/C17H29NO/c1-4-18-17(14-13-15(2)19-3)12-8-11-16-9-6-5-7-10-16/h5-7,9-10,15,17-18H,4,8,11-14H2,1-3H3.